The molecule has 0 amide bonds. The number of hydrogen-bond donors (Lipinski definition) is 2. The number of H-pyrrole nitrogens is 1. The second-order valence-corrected chi connectivity index (χ2v) is 9.47. The highest BCUT2D eigenvalue weighted by Crippen LogP contribution is 2.37. The van der Waals surface area contributed by atoms with Crippen molar-refractivity contribution in [2.45, 2.75) is 45.3 Å². The Morgan fingerprint density at radius 2 is 1.88 bits per heavy atom. The quantitative estimate of drug-likeness (QED) is 0.451. The number of nitrogens with one attached hydrogen (secondary N) is 1. The third-order valence-electron chi connectivity index (χ3n) is 6.74. The number of pyridine rings is 2. The average Bonchev–Trinajstić information content (AvgIpc) is 3.22. The first kappa shape index (κ1) is 22.3. The summed E-state index contributed by atoms with van der Waals surface area (Å²) < 4.78 is 6.46. The van der Waals surface area contributed by atoms with Crippen LogP contribution < -0.4 is 4.74 Å². The zero-order chi connectivity index (χ0) is 23.9. The zero-order valence-corrected chi connectivity index (χ0v) is 19.8. The molecule has 0 bridgehead atoms. The van der Waals surface area contributed by atoms with Gasteiger partial charge < -0.3 is 19.7 Å². The van der Waals surface area contributed by atoms with Gasteiger partial charge in [-0.3, -0.25) is 0 Å². The van der Waals surface area contributed by atoms with Crippen LogP contribution in [0.5, 0.6) is 5.75 Å². The van der Waals surface area contributed by atoms with E-state index in [0.717, 1.165) is 71.1 Å². The van der Waals surface area contributed by atoms with E-state index in [1.165, 1.54) is 0 Å². The Morgan fingerprint density at radius 3 is 2.53 bits per heavy atom. The van der Waals surface area contributed by atoms with E-state index >= 15 is 0 Å². The van der Waals surface area contributed by atoms with E-state index < -0.39 is 5.60 Å². The van der Waals surface area contributed by atoms with Gasteiger partial charge in [0, 0.05) is 30.2 Å². The van der Waals surface area contributed by atoms with Crippen molar-refractivity contribution in [1.82, 2.24) is 19.9 Å². The topological polar surface area (TPSA) is 98.1 Å². The van der Waals surface area contributed by atoms with Gasteiger partial charge >= 0.3 is 0 Å². The summed E-state index contributed by atoms with van der Waals surface area (Å²) in [5.41, 5.74) is 3.75. The number of ether oxygens (including phenoxy) is 1. The fourth-order valence-electron chi connectivity index (χ4n) is 4.67. The SMILES string of the molecule is CCN1CCC(Oc2c(C#N)ncc3[nH]c4ncc(-c5ccc(C(C)(C)O)cc5)cc4c23)CC1. The number of aromatic nitrogens is 3. The minimum Gasteiger partial charge on any atom is -0.487 e. The molecule has 174 valence electrons. The Kier molecular flexibility index (Phi) is 5.72. The fourth-order valence-corrected chi connectivity index (χ4v) is 4.67. The lowest BCUT2D eigenvalue weighted by atomic mass is 9.96. The molecule has 0 spiro atoms. The molecule has 4 heterocycles. The van der Waals surface area contributed by atoms with Crippen LogP contribution in [0.1, 0.15) is 44.9 Å². The molecule has 34 heavy (non-hydrogen) atoms. The number of nitrogens with zero attached hydrogens (tertiary/aromatic N) is 4. The first-order valence-corrected chi connectivity index (χ1v) is 11.8. The number of nitriles is 1. The van der Waals surface area contributed by atoms with Crippen LogP contribution in [0.4, 0.5) is 0 Å². The minimum atomic E-state index is -0.891. The minimum absolute atomic E-state index is 0.0535. The zero-order valence-electron chi connectivity index (χ0n) is 19.8. The van der Waals surface area contributed by atoms with Crippen molar-refractivity contribution in [1.29, 1.82) is 5.26 Å². The van der Waals surface area contributed by atoms with E-state index in [-0.39, 0.29) is 6.10 Å². The smallest absolute Gasteiger partial charge is 0.183 e. The summed E-state index contributed by atoms with van der Waals surface area (Å²) in [4.78, 5) is 14.7. The monoisotopic (exact) mass is 455 g/mol. The van der Waals surface area contributed by atoms with Gasteiger partial charge in [0.1, 0.15) is 17.8 Å². The molecular weight excluding hydrogens is 426 g/mol. The number of hydrogen-bond acceptors (Lipinski definition) is 6. The van der Waals surface area contributed by atoms with Gasteiger partial charge in [-0.15, -0.1) is 0 Å². The molecule has 7 heteroatoms. The Balaban J connectivity index is 1.57. The molecule has 0 radical (unpaired) electrons. The molecule has 0 atom stereocenters. The van der Waals surface area contributed by atoms with Crippen LogP contribution in [-0.2, 0) is 5.60 Å². The number of likely N-dealkylation sites (tertiary alicyclic amines) is 1. The van der Waals surface area contributed by atoms with Crippen LogP contribution in [0.2, 0.25) is 0 Å². The summed E-state index contributed by atoms with van der Waals surface area (Å²) in [7, 11) is 0. The van der Waals surface area contributed by atoms with Crippen LogP contribution >= 0.6 is 0 Å². The van der Waals surface area contributed by atoms with Gasteiger partial charge in [-0.25, -0.2) is 9.97 Å². The summed E-state index contributed by atoms with van der Waals surface area (Å²) in [6, 6.07) is 12.1. The normalized spacial score (nSPS) is 15.6. The number of aliphatic hydroxyl groups is 1. The van der Waals surface area contributed by atoms with Crippen molar-refractivity contribution in [2.24, 2.45) is 0 Å². The Labute approximate surface area is 199 Å². The molecule has 1 aliphatic heterocycles. The predicted molar refractivity (Wildman–Crippen MR) is 133 cm³/mol. The van der Waals surface area contributed by atoms with Crippen molar-refractivity contribution in [3.8, 4) is 22.9 Å². The molecule has 0 aliphatic carbocycles. The average molecular weight is 456 g/mol. The van der Waals surface area contributed by atoms with Crippen molar-refractivity contribution >= 4 is 21.9 Å². The summed E-state index contributed by atoms with van der Waals surface area (Å²) in [6.07, 6.45) is 5.41. The summed E-state index contributed by atoms with van der Waals surface area (Å²) in [6.45, 7) is 8.75. The third-order valence-corrected chi connectivity index (χ3v) is 6.74. The molecular formula is C27H29N5O2. The van der Waals surface area contributed by atoms with Gasteiger partial charge in [0.15, 0.2) is 11.4 Å². The standard InChI is InChI=1S/C27H29N5O2/c1-4-32-11-9-20(10-12-32)34-25-22(14-28)29-16-23-24(25)21-13-18(15-30-26(21)31-23)17-5-7-19(8-6-17)27(2,3)33/h5-8,13,15-16,20,33H,4,9-12H2,1-3H3,(H,30,31). The van der Waals surface area contributed by atoms with Crippen molar-refractivity contribution in [2.75, 3.05) is 19.6 Å². The van der Waals surface area contributed by atoms with Gasteiger partial charge in [-0.2, -0.15) is 5.26 Å². The molecule has 1 aliphatic rings. The second kappa shape index (κ2) is 8.71. The highest BCUT2D eigenvalue weighted by atomic mass is 16.5. The maximum Gasteiger partial charge on any atom is 0.183 e. The van der Waals surface area contributed by atoms with E-state index in [1.54, 1.807) is 20.0 Å². The lowest BCUT2D eigenvalue weighted by Gasteiger charge is -2.31. The number of benzene rings is 1. The van der Waals surface area contributed by atoms with E-state index in [2.05, 4.69) is 38.9 Å². The summed E-state index contributed by atoms with van der Waals surface area (Å²) in [5, 5.41) is 21.8. The second-order valence-electron chi connectivity index (χ2n) is 9.47. The maximum absolute atomic E-state index is 10.3. The predicted octanol–water partition coefficient (Wildman–Crippen LogP) is 4.74. The van der Waals surface area contributed by atoms with E-state index in [4.69, 9.17) is 4.74 Å². The largest absolute Gasteiger partial charge is 0.487 e. The fraction of sp³-hybridized carbons (Fsp3) is 0.370. The number of fused-ring (bicyclic) bond motifs is 3. The van der Waals surface area contributed by atoms with Gasteiger partial charge in [0.25, 0.3) is 0 Å². The maximum atomic E-state index is 10.3. The highest BCUT2D eigenvalue weighted by Gasteiger charge is 2.24. The number of piperidine rings is 1. The van der Waals surface area contributed by atoms with Gasteiger partial charge in [-0.1, -0.05) is 31.2 Å². The van der Waals surface area contributed by atoms with Gasteiger partial charge in [0.05, 0.1) is 22.7 Å². The Bertz CT molecular complexity index is 1370. The lowest BCUT2D eigenvalue weighted by molar-refractivity contribution is 0.0786. The lowest BCUT2D eigenvalue weighted by Crippen LogP contribution is -2.38. The van der Waals surface area contributed by atoms with Crippen molar-refractivity contribution < 1.29 is 9.84 Å². The molecule has 0 unspecified atom stereocenters. The third kappa shape index (κ3) is 4.11. The molecule has 5 rings (SSSR count). The number of aromatic amines is 1. The van der Waals surface area contributed by atoms with Gasteiger partial charge in [-0.05, 0) is 50.4 Å². The van der Waals surface area contributed by atoms with Crippen molar-refractivity contribution in [3.05, 3.63) is 54.0 Å². The van der Waals surface area contributed by atoms with Crippen LogP contribution in [0.15, 0.2) is 42.7 Å². The van der Waals surface area contributed by atoms with E-state index in [0.29, 0.717) is 11.4 Å². The molecule has 3 aromatic heterocycles. The van der Waals surface area contributed by atoms with E-state index in [9.17, 15) is 10.4 Å². The molecule has 1 aromatic carbocycles. The van der Waals surface area contributed by atoms with E-state index in [1.807, 2.05) is 30.5 Å². The molecule has 1 saturated heterocycles. The molecule has 0 saturated carbocycles. The molecule has 2 N–H and O–H groups in total. The first-order chi connectivity index (χ1) is 16.4. The van der Waals surface area contributed by atoms with Crippen molar-refractivity contribution in [3.63, 3.8) is 0 Å². The molecule has 1 fully saturated rings. The van der Waals surface area contributed by atoms with Crippen LogP contribution in [0, 0.1) is 11.3 Å². The molecule has 7 nitrogen and oxygen atoms in total. The van der Waals surface area contributed by atoms with Crippen LogP contribution in [-0.4, -0.2) is 50.7 Å². The highest BCUT2D eigenvalue weighted by molar-refractivity contribution is 6.10. The molecule has 4 aromatic rings. The summed E-state index contributed by atoms with van der Waals surface area (Å²) >= 11 is 0. The first-order valence-electron chi connectivity index (χ1n) is 11.8. The van der Waals surface area contributed by atoms with Crippen LogP contribution in [0.3, 0.4) is 0 Å². The van der Waals surface area contributed by atoms with Crippen LogP contribution in [0.25, 0.3) is 33.1 Å². The number of rotatable bonds is 5. The Morgan fingerprint density at radius 1 is 1.15 bits per heavy atom. The summed E-state index contributed by atoms with van der Waals surface area (Å²) in [5.74, 6) is 0.539. The van der Waals surface area contributed by atoms with Gasteiger partial charge in [0.2, 0.25) is 0 Å². The Hall–Kier alpha value is -3.47.